The van der Waals surface area contributed by atoms with E-state index in [4.69, 9.17) is 23.4 Å². The second-order valence-electron chi connectivity index (χ2n) is 6.92. The molecule has 0 bridgehead atoms. The molecule has 2 aromatic rings. The van der Waals surface area contributed by atoms with Crippen molar-refractivity contribution < 1.29 is 28.2 Å². The smallest absolute Gasteiger partial charge is 0.289 e. The summed E-state index contributed by atoms with van der Waals surface area (Å²) >= 11 is 0. The van der Waals surface area contributed by atoms with Crippen molar-refractivity contribution in [1.29, 1.82) is 0 Å². The van der Waals surface area contributed by atoms with E-state index in [9.17, 15) is 4.79 Å². The number of nitrogens with zero attached hydrogens (tertiary/aromatic N) is 1. The first-order chi connectivity index (χ1) is 13.4. The van der Waals surface area contributed by atoms with Crippen LogP contribution in [0.25, 0.3) is 0 Å². The minimum Gasteiger partial charge on any atom is -0.496 e. The molecule has 0 radical (unpaired) electrons. The van der Waals surface area contributed by atoms with Crippen LogP contribution in [0, 0.1) is 0 Å². The first kappa shape index (κ1) is 20.1. The summed E-state index contributed by atoms with van der Waals surface area (Å²) in [5.41, 5.74) is 0.827. The Morgan fingerprint density at radius 2 is 1.64 bits per heavy atom. The minimum atomic E-state index is -0.123. The van der Waals surface area contributed by atoms with Gasteiger partial charge in [0.1, 0.15) is 23.0 Å². The quantitative estimate of drug-likeness (QED) is 0.756. The second-order valence-corrected chi connectivity index (χ2v) is 6.92. The van der Waals surface area contributed by atoms with Gasteiger partial charge in [0.25, 0.3) is 5.91 Å². The highest BCUT2D eigenvalue weighted by atomic mass is 16.5. The number of benzene rings is 1. The predicted octanol–water partition coefficient (Wildman–Crippen LogP) is 3.15. The molecule has 0 aliphatic carbocycles. The van der Waals surface area contributed by atoms with E-state index < -0.39 is 0 Å². The number of methoxy groups -OCH3 is 3. The van der Waals surface area contributed by atoms with Crippen molar-refractivity contribution in [2.75, 3.05) is 34.4 Å². The Balaban J connectivity index is 1.80. The number of hydrogen-bond acceptors (Lipinski definition) is 6. The van der Waals surface area contributed by atoms with Crippen LogP contribution in [0.5, 0.6) is 17.2 Å². The summed E-state index contributed by atoms with van der Waals surface area (Å²) in [7, 11) is 4.77. The molecule has 0 N–H and O–H groups in total. The normalized spacial score (nSPS) is 19.4. The molecule has 1 aliphatic heterocycles. The lowest BCUT2D eigenvalue weighted by molar-refractivity contribution is -0.0592. The summed E-state index contributed by atoms with van der Waals surface area (Å²) in [6.07, 6.45) is 0.449. The van der Waals surface area contributed by atoms with Crippen molar-refractivity contribution in [3.05, 3.63) is 41.3 Å². The predicted molar refractivity (Wildman–Crippen MR) is 104 cm³/mol. The molecular formula is C21H27NO6. The number of hydrogen-bond donors (Lipinski definition) is 0. The summed E-state index contributed by atoms with van der Waals surface area (Å²) in [5.74, 6) is 2.76. The Hall–Kier alpha value is -2.67. The fraction of sp³-hybridized carbons (Fsp3) is 0.476. The highest BCUT2D eigenvalue weighted by Crippen LogP contribution is 2.36. The highest BCUT2D eigenvalue weighted by Gasteiger charge is 2.28. The van der Waals surface area contributed by atoms with Crippen LogP contribution in [0.4, 0.5) is 0 Å². The molecule has 3 rings (SSSR count). The van der Waals surface area contributed by atoms with Gasteiger partial charge in [-0.2, -0.15) is 0 Å². The van der Waals surface area contributed by atoms with Gasteiger partial charge in [-0.1, -0.05) is 0 Å². The zero-order valence-electron chi connectivity index (χ0n) is 17.0. The Kier molecular flexibility index (Phi) is 6.14. The van der Waals surface area contributed by atoms with E-state index in [1.54, 1.807) is 44.4 Å². The first-order valence-electron chi connectivity index (χ1n) is 9.27. The maximum atomic E-state index is 12.8. The number of amides is 1. The van der Waals surface area contributed by atoms with Gasteiger partial charge in [0.15, 0.2) is 5.76 Å². The molecule has 1 fully saturated rings. The lowest BCUT2D eigenvalue weighted by atomic mass is 10.1. The topological polar surface area (TPSA) is 70.4 Å². The van der Waals surface area contributed by atoms with Crippen LogP contribution in [0.3, 0.4) is 0 Å². The van der Waals surface area contributed by atoms with Crippen LogP contribution in [0.15, 0.2) is 28.7 Å². The van der Waals surface area contributed by atoms with Crippen molar-refractivity contribution in [2.24, 2.45) is 0 Å². The third-order valence-electron chi connectivity index (χ3n) is 4.75. The van der Waals surface area contributed by atoms with Gasteiger partial charge >= 0.3 is 0 Å². The number of carbonyl (C=O) groups is 1. The lowest BCUT2D eigenvalue weighted by Gasteiger charge is -2.34. The minimum absolute atomic E-state index is 0.00922. The van der Waals surface area contributed by atoms with Gasteiger partial charge in [0.2, 0.25) is 0 Å². The van der Waals surface area contributed by atoms with Gasteiger partial charge in [-0.3, -0.25) is 4.79 Å². The van der Waals surface area contributed by atoms with E-state index >= 15 is 0 Å². The van der Waals surface area contributed by atoms with E-state index in [2.05, 4.69) is 0 Å². The van der Waals surface area contributed by atoms with E-state index in [0.717, 1.165) is 5.56 Å². The molecule has 2 heterocycles. The summed E-state index contributed by atoms with van der Waals surface area (Å²) in [4.78, 5) is 14.6. The number of ether oxygens (including phenoxy) is 4. The molecule has 1 amide bonds. The molecule has 1 saturated heterocycles. The van der Waals surface area contributed by atoms with Crippen molar-refractivity contribution >= 4 is 5.91 Å². The van der Waals surface area contributed by atoms with Gasteiger partial charge in [-0.15, -0.1) is 0 Å². The van der Waals surface area contributed by atoms with Crippen LogP contribution in [0.1, 0.15) is 35.7 Å². The highest BCUT2D eigenvalue weighted by molar-refractivity contribution is 5.91. The third-order valence-corrected chi connectivity index (χ3v) is 4.75. The average molecular weight is 389 g/mol. The van der Waals surface area contributed by atoms with Crippen molar-refractivity contribution in [3.8, 4) is 17.2 Å². The number of carbonyl (C=O) groups excluding carboxylic acids is 1. The van der Waals surface area contributed by atoms with Crippen LogP contribution >= 0.6 is 0 Å². The Labute approximate surface area is 165 Å². The molecule has 28 heavy (non-hydrogen) atoms. The standard InChI is InChI=1S/C21H27NO6/c1-13-11-22(12-14(2)27-13)21(23)18-7-6-15(28-18)8-17-19(25-4)9-16(24-3)10-20(17)26-5/h6-7,9-10,13-14H,8,11-12H2,1-5H3/t13-,14+. The molecular weight excluding hydrogens is 362 g/mol. The maximum absolute atomic E-state index is 12.8. The van der Waals surface area contributed by atoms with Gasteiger partial charge in [-0.25, -0.2) is 0 Å². The van der Waals surface area contributed by atoms with Crippen LogP contribution in [-0.4, -0.2) is 57.4 Å². The Morgan fingerprint density at radius 1 is 1.04 bits per heavy atom. The average Bonchev–Trinajstić information content (AvgIpc) is 3.15. The van der Waals surface area contributed by atoms with Gasteiger partial charge in [0.05, 0.1) is 33.5 Å². The fourth-order valence-electron chi connectivity index (χ4n) is 3.51. The number of rotatable bonds is 6. The van der Waals surface area contributed by atoms with Crippen LogP contribution in [-0.2, 0) is 11.2 Å². The van der Waals surface area contributed by atoms with E-state index in [-0.39, 0.29) is 18.1 Å². The van der Waals surface area contributed by atoms with Gasteiger partial charge < -0.3 is 28.3 Å². The van der Waals surface area contributed by atoms with Gasteiger partial charge in [-0.05, 0) is 26.0 Å². The van der Waals surface area contributed by atoms with Crippen LogP contribution < -0.4 is 14.2 Å². The summed E-state index contributed by atoms with van der Waals surface area (Å²) in [5, 5.41) is 0. The van der Waals surface area contributed by atoms with E-state index in [1.807, 2.05) is 19.9 Å². The summed E-state index contributed by atoms with van der Waals surface area (Å²) < 4.78 is 27.8. The second kappa shape index (κ2) is 8.56. The van der Waals surface area contributed by atoms with Crippen molar-refractivity contribution in [3.63, 3.8) is 0 Å². The van der Waals surface area contributed by atoms with Gasteiger partial charge in [0, 0.05) is 37.2 Å². The zero-order chi connectivity index (χ0) is 20.3. The largest absolute Gasteiger partial charge is 0.496 e. The molecule has 7 heteroatoms. The third kappa shape index (κ3) is 4.25. The molecule has 0 saturated carbocycles. The van der Waals surface area contributed by atoms with E-state index in [1.165, 1.54) is 0 Å². The first-order valence-corrected chi connectivity index (χ1v) is 9.27. The molecule has 0 unspecified atom stereocenters. The summed E-state index contributed by atoms with van der Waals surface area (Å²) in [6.45, 7) is 5.04. The maximum Gasteiger partial charge on any atom is 0.289 e. The zero-order valence-corrected chi connectivity index (χ0v) is 17.0. The molecule has 1 aromatic carbocycles. The number of morpholine rings is 1. The molecule has 1 aromatic heterocycles. The molecule has 1 aliphatic rings. The Morgan fingerprint density at radius 3 is 2.18 bits per heavy atom. The molecule has 0 spiro atoms. The lowest BCUT2D eigenvalue weighted by Crippen LogP contribution is -2.48. The fourth-order valence-corrected chi connectivity index (χ4v) is 3.51. The summed E-state index contributed by atoms with van der Waals surface area (Å²) in [6, 6.07) is 7.11. The molecule has 7 nitrogen and oxygen atoms in total. The monoisotopic (exact) mass is 389 g/mol. The van der Waals surface area contributed by atoms with Crippen molar-refractivity contribution in [2.45, 2.75) is 32.5 Å². The SMILES string of the molecule is COc1cc(OC)c(Cc2ccc(C(=O)N3C[C@@H](C)O[C@@H](C)C3)o2)c(OC)c1. The van der Waals surface area contributed by atoms with E-state index in [0.29, 0.717) is 48.3 Å². The number of furan rings is 1. The van der Waals surface area contributed by atoms with Crippen LogP contribution in [0.2, 0.25) is 0 Å². The molecule has 2 atom stereocenters. The molecule has 152 valence electrons. The van der Waals surface area contributed by atoms with Crippen molar-refractivity contribution in [1.82, 2.24) is 4.90 Å². The Bertz CT molecular complexity index is 795.